The van der Waals surface area contributed by atoms with E-state index >= 15 is 0 Å². The van der Waals surface area contributed by atoms with Gasteiger partial charge < -0.3 is 11.1 Å². The van der Waals surface area contributed by atoms with Gasteiger partial charge in [-0.2, -0.15) is 0 Å². The van der Waals surface area contributed by atoms with Crippen LogP contribution in [0, 0.1) is 6.92 Å². The Balaban J connectivity index is 2.08. The van der Waals surface area contributed by atoms with E-state index in [4.69, 9.17) is 17.3 Å². The van der Waals surface area contributed by atoms with Gasteiger partial charge in [0.2, 0.25) is 0 Å². The highest BCUT2D eigenvalue weighted by atomic mass is 35.5. The number of aromatic nitrogens is 1. The maximum atomic E-state index is 12.0. The average molecular weight is 282 g/mol. The molecule has 0 fully saturated rings. The number of amides is 1. The lowest BCUT2D eigenvalue weighted by molar-refractivity contribution is 0.0952. The number of carbonyl (C=O) groups excluding carboxylic acids is 1. The molecule has 3 N–H and O–H groups in total. The van der Waals surface area contributed by atoms with E-state index < -0.39 is 0 Å². The topological polar surface area (TPSA) is 68.0 Å². The van der Waals surface area contributed by atoms with Crippen molar-refractivity contribution in [1.82, 2.24) is 10.3 Å². The zero-order valence-corrected chi connectivity index (χ0v) is 11.3. The van der Waals surface area contributed by atoms with Gasteiger partial charge in [-0.3, -0.25) is 4.79 Å². The van der Waals surface area contributed by atoms with Gasteiger partial charge in [-0.05, 0) is 25.1 Å². The Morgan fingerprint density at radius 1 is 1.56 bits per heavy atom. The summed E-state index contributed by atoms with van der Waals surface area (Å²) in [5.74, 6) is -0.234. The van der Waals surface area contributed by atoms with E-state index in [2.05, 4.69) is 10.3 Å². The molecule has 0 aliphatic rings. The summed E-state index contributed by atoms with van der Waals surface area (Å²) >= 11 is 7.35. The van der Waals surface area contributed by atoms with Crippen LogP contribution >= 0.6 is 22.9 Å². The standard InChI is InChI=1S/C12H12ClN3OS/c1-7-11(18-6-16-7)5-15-12(17)9-4-8(13)2-3-10(9)14/h2-4,6H,5,14H2,1H3,(H,15,17). The fourth-order valence-corrected chi connectivity index (χ4v) is 2.37. The number of aryl methyl sites for hydroxylation is 1. The number of rotatable bonds is 3. The minimum atomic E-state index is -0.234. The van der Waals surface area contributed by atoms with Crippen molar-refractivity contribution < 1.29 is 4.79 Å². The van der Waals surface area contributed by atoms with Crippen LogP contribution in [-0.4, -0.2) is 10.9 Å². The number of hydrogen-bond acceptors (Lipinski definition) is 4. The van der Waals surface area contributed by atoms with Crippen molar-refractivity contribution in [3.63, 3.8) is 0 Å². The molecular formula is C12H12ClN3OS. The first-order chi connectivity index (χ1) is 8.58. The number of anilines is 1. The monoisotopic (exact) mass is 281 g/mol. The molecule has 4 nitrogen and oxygen atoms in total. The first-order valence-electron chi connectivity index (χ1n) is 5.30. The van der Waals surface area contributed by atoms with Gasteiger partial charge in [0, 0.05) is 15.6 Å². The molecule has 94 valence electrons. The average Bonchev–Trinajstić information content (AvgIpc) is 2.75. The summed E-state index contributed by atoms with van der Waals surface area (Å²) in [6, 6.07) is 4.84. The van der Waals surface area contributed by atoms with Gasteiger partial charge in [0.05, 0.1) is 23.3 Å². The quantitative estimate of drug-likeness (QED) is 0.850. The SMILES string of the molecule is Cc1ncsc1CNC(=O)c1cc(Cl)ccc1N. The van der Waals surface area contributed by atoms with Crippen LogP contribution in [0.25, 0.3) is 0 Å². The molecule has 1 aromatic heterocycles. The lowest BCUT2D eigenvalue weighted by atomic mass is 10.1. The number of halogens is 1. The number of hydrogen-bond donors (Lipinski definition) is 2. The molecule has 0 spiro atoms. The van der Waals surface area contributed by atoms with E-state index in [-0.39, 0.29) is 5.91 Å². The van der Waals surface area contributed by atoms with E-state index in [0.717, 1.165) is 10.6 Å². The maximum absolute atomic E-state index is 12.0. The summed E-state index contributed by atoms with van der Waals surface area (Å²) in [7, 11) is 0. The smallest absolute Gasteiger partial charge is 0.253 e. The van der Waals surface area contributed by atoms with Crippen LogP contribution in [0.5, 0.6) is 0 Å². The van der Waals surface area contributed by atoms with E-state index in [1.807, 2.05) is 6.92 Å². The molecule has 0 saturated carbocycles. The second-order valence-corrected chi connectivity index (χ2v) is 5.15. The Labute approximate surface area is 114 Å². The number of nitrogens with two attached hydrogens (primary N) is 1. The molecule has 18 heavy (non-hydrogen) atoms. The molecule has 0 aliphatic carbocycles. The lowest BCUT2D eigenvalue weighted by Gasteiger charge is -2.07. The van der Waals surface area contributed by atoms with Crippen LogP contribution in [0.4, 0.5) is 5.69 Å². The van der Waals surface area contributed by atoms with Crippen molar-refractivity contribution in [1.29, 1.82) is 0 Å². The highest BCUT2D eigenvalue weighted by Gasteiger charge is 2.11. The van der Waals surface area contributed by atoms with E-state index in [1.54, 1.807) is 23.7 Å². The van der Waals surface area contributed by atoms with Gasteiger partial charge in [-0.25, -0.2) is 4.98 Å². The minimum Gasteiger partial charge on any atom is -0.398 e. The summed E-state index contributed by atoms with van der Waals surface area (Å²) < 4.78 is 0. The first-order valence-corrected chi connectivity index (χ1v) is 6.56. The number of nitrogens with one attached hydrogen (secondary N) is 1. The van der Waals surface area contributed by atoms with E-state index in [9.17, 15) is 4.79 Å². The van der Waals surface area contributed by atoms with Crippen molar-refractivity contribution >= 4 is 34.5 Å². The third-order valence-electron chi connectivity index (χ3n) is 2.51. The summed E-state index contributed by atoms with van der Waals surface area (Å²) in [5, 5.41) is 3.29. The Morgan fingerprint density at radius 3 is 3.00 bits per heavy atom. The second kappa shape index (κ2) is 5.37. The number of carbonyl (C=O) groups is 1. The molecule has 1 heterocycles. The van der Waals surface area contributed by atoms with E-state index in [0.29, 0.717) is 22.8 Å². The molecule has 2 rings (SSSR count). The maximum Gasteiger partial charge on any atom is 0.253 e. The van der Waals surface area contributed by atoms with Crippen molar-refractivity contribution in [2.45, 2.75) is 13.5 Å². The van der Waals surface area contributed by atoms with Crippen LogP contribution in [0.15, 0.2) is 23.7 Å². The van der Waals surface area contributed by atoms with Crippen LogP contribution in [-0.2, 0) is 6.54 Å². The lowest BCUT2D eigenvalue weighted by Crippen LogP contribution is -2.23. The zero-order chi connectivity index (χ0) is 13.1. The number of benzene rings is 1. The van der Waals surface area contributed by atoms with Crippen molar-refractivity contribution in [2.24, 2.45) is 0 Å². The predicted octanol–water partition coefficient (Wildman–Crippen LogP) is 2.62. The molecule has 0 radical (unpaired) electrons. The summed E-state index contributed by atoms with van der Waals surface area (Å²) in [6.07, 6.45) is 0. The molecule has 0 saturated heterocycles. The van der Waals surface area contributed by atoms with Crippen molar-refractivity contribution in [3.8, 4) is 0 Å². The normalized spacial score (nSPS) is 10.3. The Hall–Kier alpha value is -1.59. The Kier molecular flexibility index (Phi) is 3.84. The number of nitrogen functional groups attached to an aromatic ring is 1. The largest absolute Gasteiger partial charge is 0.398 e. The van der Waals surface area contributed by atoms with Crippen molar-refractivity contribution in [2.75, 3.05) is 5.73 Å². The minimum absolute atomic E-state index is 0.234. The van der Waals surface area contributed by atoms with Crippen LogP contribution < -0.4 is 11.1 Å². The second-order valence-electron chi connectivity index (χ2n) is 3.78. The Morgan fingerprint density at radius 2 is 2.33 bits per heavy atom. The molecular weight excluding hydrogens is 270 g/mol. The molecule has 0 aliphatic heterocycles. The molecule has 1 aromatic carbocycles. The number of thiazole rings is 1. The van der Waals surface area contributed by atoms with Gasteiger partial charge in [0.1, 0.15) is 0 Å². The molecule has 0 bridgehead atoms. The molecule has 2 aromatic rings. The van der Waals surface area contributed by atoms with Crippen LogP contribution in [0.2, 0.25) is 5.02 Å². The molecule has 1 amide bonds. The van der Waals surface area contributed by atoms with Gasteiger partial charge in [0.25, 0.3) is 5.91 Å². The molecule has 0 atom stereocenters. The summed E-state index contributed by atoms with van der Waals surface area (Å²) in [5.41, 5.74) is 9.23. The van der Waals surface area contributed by atoms with Gasteiger partial charge >= 0.3 is 0 Å². The third kappa shape index (κ3) is 2.80. The molecule has 0 unspecified atom stereocenters. The highest BCUT2D eigenvalue weighted by molar-refractivity contribution is 7.09. The third-order valence-corrected chi connectivity index (χ3v) is 3.68. The first kappa shape index (κ1) is 12.9. The summed E-state index contributed by atoms with van der Waals surface area (Å²) in [6.45, 7) is 2.35. The predicted molar refractivity (Wildman–Crippen MR) is 73.9 cm³/mol. The van der Waals surface area contributed by atoms with E-state index in [1.165, 1.54) is 11.3 Å². The van der Waals surface area contributed by atoms with Crippen molar-refractivity contribution in [3.05, 3.63) is 44.9 Å². The van der Waals surface area contributed by atoms with Gasteiger partial charge in [-0.1, -0.05) is 11.6 Å². The fourth-order valence-electron chi connectivity index (χ4n) is 1.48. The number of nitrogens with zero attached hydrogens (tertiary/aromatic N) is 1. The van der Waals surface area contributed by atoms with Gasteiger partial charge in [-0.15, -0.1) is 11.3 Å². The van der Waals surface area contributed by atoms with Crippen LogP contribution in [0.3, 0.4) is 0 Å². The summed E-state index contributed by atoms with van der Waals surface area (Å²) in [4.78, 5) is 17.1. The van der Waals surface area contributed by atoms with Gasteiger partial charge in [0.15, 0.2) is 0 Å². The van der Waals surface area contributed by atoms with Crippen LogP contribution in [0.1, 0.15) is 20.9 Å². The fraction of sp³-hybridized carbons (Fsp3) is 0.167. The molecule has 6 heteroatoms. The Bertz CT molecular complexity index is 582. The highest BCUT2D eigenvalue weighted by Crippen LogP contribution is 2.18. The zero-order valence-electron chi connectivity index (χ0n) is 9.74.